The number of carbonyl (C=O) groups excluding carboxylic acids is 3. The van der Waals surface area contributed by atoms with Crippen molar-refractivity contribution >= 4 is 23.7 Å². The van der Waals surface area contributed by atoms with Crippen LogP contribution >= 0.6 is 0 Å². The van der Waals surface area contributed by atoms with Crippen LogP contribution in [0.3, 0.4) is 0 Å². The molecule has 1 rings (SSSR count). The number of nitrogens with one attached hydrogen (secondary N) is 3. The minimum Gasteiger partial charge on any atom is -0.480 e. The Labute approximate surface area is 208 Å². The molecule has 1 aromatic rings. The summed E-state index contributed by atoms with van der Waals surface area (Å²) in [5.41, 5.74) is 6.85. The van der Waals surface area contributed by atoms with Gasteiger partial charge < -0.3 is 26.8 Å². The van der Waals surface area contributed by atoms with Gasteiger partial charge in [0.1, 0.15) is 18.1 Å². The van der Waals surface area contributed by atoms with E-state index in [4.69, 9.17) is 5.73 Å². The molecule has 6 N–H and O–H groups in total. The van der Waals surface area contributed by atoms with Crippen molar-refractivity contribution in [3.63, 3.8) is 0 Å². The minimum atomic E-state index is -1.13. The average molecular weight is 491 g/mol. The number of carbonyl (C=O) groups is 4. The molecule has 0 aliphatic carbocycles. The zero-order valence-electron chi connectivity index (χ0n) is 21.7. The maximum atomic E-state index is 13.3. The van der Waals surface area contributed by atoms with Crippen molar-refractivity contribution in [2.75, 3.05) is 0 Å². The molecule has 0 spiro atoms. The van der Waals surface area contributed by atoms with Gasteiger partial charge in [-0.15, -0.1) is 0 Å². The van der Waals surface area contributed by atoms with Crippen LogP contribution in [0.15, 0.2) is 30.3 Å². The van der Waals surface area contributed by atoms with Gasteiger partial charge in [-0.3, -0.25) is 14.4 Å². The highest BCUT2D eigenvalue weighted by atomic mass is 16.4. The second-order valence-electron chi connectivity index (χ2n) is 9.93. The van der Waals surface area contributed by atoms with E-state index in [0.717, 1.165) is 5.56 Å². The summed E-state index contributed by atoms with van der Waals surface area (Å²) in [6.07, 6.45) is 1.25. The fourth-order valence-electron chi connectivity index (χ4n) is 3.67. The van der Waals surface area contributed by atoms with Crippen LogP contribution in [0.25, 0.3) is 0 Å². The first kappa shape index (κ1) is 30.1. The number of hydrogen-bond acceptors (Lipinski definition) is 5. The Balaban J connectivity index is 3.08. The van der Waals surface area contributed by atoms with Crippen LogP contribution < -0.4 is 21.7 Å². The number of nitrogens with two attached hydrogens (primary N) is 1. The molecule has 0 aliphatic heterocycles. The third kappa shape index (κ3) is 10.1. The first-order valence-electron chi connectivity index (χ1n) is 12.3. The molecule has 9 nitrogen and oxygen atoms in total. The molecule has 0 aromatic heterocycles. The summed E-state index contributed by atoms with van der Waals surface area (Å²) in [6.45, 7) is 11.0. The summed E-state index contributed by atoms with van der Waals surface area (Å²) in [5, 5.41) is 17.6. The first-order chi connectivity index (χ1) is 16.4. The number of hydrogen-bond donors (Lipinski definition) is 5. The maximum absolute atomic E-state index is 13.3. The van der Waals surface area contributed by atoms with Crippen molar-refractivity contribution in [2.24, 2.45) is 23.5 Å². The van der Waals surface area contributed by atoms with Crippen LogP contribution in [0.2, 0.25) is 0 Å². The van der Waals surface area contributed by atoms with Crippen LogP contribution in [-0.2, 0) is 25.6 Å². The summed E-state index contributed by atoms with van der Waals surface area (Å²) in [7, 11) is 0. The molecule has 0 bridgehead atoms. The third-order valence-electron chi connectivity index (χ3n) is 6.00. The largest absolute Gasteiger partial charge is 0.480 e. The second-order valence-corrected chi connectivity index (χ2v) is 9.93. The number of carboxylic acids is 1. The van der Waals surface area contributed by atoms with Crippen LogP contribution in [0.1, 0.15) is 59.9 Å². The molecule has 196 valence electrons. The Hall–Kier alpha value is -2.94. The van der Waals surface area contributed by atoms with E-state index >= 15 is 0 Å². The first-order valence-corrected chi connectivity index (χ1v) is 12.3. The normalized spacial score (nSPS) is 15.6. The average Bonchev–Trinajstić information content (AvgIpc) is 2.79. The minimum absolute atomic E-state index is 0.207. The fraction of sp³-hybridized carbons (Fsp3) is 0.615. The predicted octanol–water partition coefficient (Wildman–Crippen LogP) is 1.84. The highest BCUT2D eigenvalue weighted by Gasteiger charge is 2.33. The van der Waals surface area contributed by atoms with Crippen molar-refractivity contribution in [3.05, 3.63) is 35.9 Å². The van der Waals surface area contributed by atoms with Gasteiger partial charge in [-0.2, -0.15) is 0 Å². The predicted molar refractivity (Wildman–Crippen MR) is 135 cm³/mol. The number of rotatable bonds is 14. The fourth-order valence-corrected chi connectivity index (χ4v) is 3.67. The molecule has 5 unspecified atom stereocenters. The van der Waals surface area contributed by atoms with Gasteiger partial charge in [0, 0.05) is 6.42 Å². The van der Waals surface area contributed by atoms with Crippen molar-refractivity contribution in [2.45, 2.75) is 85.0 Å². The highest BCUT2D eigenvalue weighted by Crippen LogP contribution is 2.11. The molecule has 3 amide bonds. The summed E-state index contributed by atoms with van der Waals surface area (Å²) < 4.78 is 0. The van der Waals surface area contributed by atoms with Gasteiger partial charge in [0.2, 0.25) is 17.7 Å². The molecule has 0 saturated carbocycles. The molecule has 35 heavy (non-hydrogen) atoms. The molecule has 0 radical (unpaired) electrons. The van der Waals surface area contributed by atoms with E-state index in [9.17, 15) is 24.3 Å². The van der Waals surface area contributed by atoms with E-state index in [1.54, 1.807) is 20.8 Å². The Morgan fingerprint density at radius 1 is 0.857 bits per heavy atom. The van der Waals surface area contributed by atoms with Gasteiger partial charge in [-0.05, 0) is 29.7 Å². The Morgan fingerprint density at radius 2 is 1.43 bits per heavy atom. The van der Waals surface area contributed by atoms with Crippen molar-refractivity contribution in [3.8, 4) is 0 Å². The zero-order chi connectivity index (χ0) is 26.7. The second kappa shape index (κ2) is 14.5. The van der Waals surface area contributed by atoms with Crippen molar-refractivity contribution in [1.82, 2.24) is 16.0 Å². The monoisotopic (exact) mass is 490 g/mol. The Kier molecular flexibility index (Phi) is 12.4. The molecule has 1 aromatic carbocycles. The van der Waals surface area contributed by atoms with Crippen molar-refractivity contribution < 1.29 is 24.3 Å². The number of benzene rings is 1. The van der Waals surface area contributed by atoms with Crippen LogP contribution in [-0.4, -0.2) is 53.0 Å². The molecular weight excluding hydrogens is 448 g/mol. The van der Waals surface area contributed by atoms with E-state index in [1.165, 1.54) is 0 Å². The quantitative estimate of drug-likeness (QED) is 0.268. The lowest BCUT2D eigenvalue weighted by atomic mass is 9.97. The number of aliphatic carboxylic acids is 1. The Bertz CT molecular complexity index is 843. The molecule has 0 saturated heterocycles. The lowest BCUT2D eigenvalue weighted by molar-refractivity contribution is -0.144. The standard InChI is InChI=1S/C26H42N4O5/c1-7-17(6)22(26(34)35)30-25(33)21(16(4)5)29-24(32)20(14-18-11-9-8-10-12-18)28-23(31)19(27)13-15(2)3/h8-12,15-17,19-22H,7,13-14,27H2,1-6H3,(H,28,31)(H,29,32)(H,30,33)(H,34,35). The lowest BCUT2D eigenvalue weighted by Gasteiger charge is -2.28. The molecule has 9 heteroatoms. The SMILES string of the molecule is CCC(C)C(NC(=O)C(NC(=O)C(Cc1ccccc1)NC(=O)C(N)CC(C)C)C(C)C)C(=O)O. The van der Waals surface area contributed by atoms with Crippen LogP contribution in [0, 0.1) is 17.8 Å². The molecule has 0 aliphatic rings. The number of amides is 3. The maximum Gasteiger partial charge on any atom is 0.326 e. The van der Waals surface area contributed by atoms with Gasteiger partial charge in [-0.1, -0.05) is 78.3 Å². The van der Waals surface area contributed by atoms with Gasteiger partial charge in [-0.25, -0.2) is 4.79 Å². The lowest BCUT2D eigenvalue weighted by Crippen LogP contribution is -2.59. The van der Waals surface area contributed by atoms with Gasteiger partial charge >= 0.3 is 5.97 Å². The highest BCUT2D eigenvalue weighted by molar-refractivity contribution is 5.94. The van der Waals surface area contributed by atoms with E-state index in [0.29, 0.717) is 12.8 Å². The van der Waals surface area contributed by atoms with E-state index < -0.39 is 47.9 Å². The van der Waals surface area contributed by atoms with E-state index in [2.05, 4.69) is 16.0 Å². The summed E-state index contributed by atoms with van der Waals surface area (Å²) in [6, 6.07) is 5.44. The van der Waals surface area contributed by atoms with Gasteiger partial charge in [0.15, 0.2) is 0 Å². The van der Waals surface area contributed by atoms with Crippen molar-refractivity contribution in [1.29, 1.82) is 0 Å². The smallest absolute Gasteiger partial charge is 0.326 e. The Morgan fingerprint density at radius 3 is 1.91 bits per heavy atom. The topological polar surface area (TPSA) is 151 Å². The zero-order valence-corrected chi connectivity index (χ0v) is 21.7. The molecular formula is C26H42N4O5. The summed E-state index contributed by atoms with van der Waals surface area (Å²) in [5.74, 6) is -3.09. The third-order valence-corrected chi connectivity index (χ3v) is 6.00. The molecule has 5 atom stereocenters. The summed E-state index contributed by atoms with van der Waals surface area (Å²) in [4.78, 5) is 50.7. The van der Waals surface area contributed by atoms with Gasteiger partial charge in [0.25, 0.3) is 0 Å². The van der Waals surface area contributed by atoms with Gasteiger partial charge in [0.05, 0.1) is 6.04 Å². The van der Waals surface area contributed by atoms with Crippen LogP contribution in [0.4, 0.5) is 0 Å². The van der Waals surface area contributed by atoms with E-state index in [-0.39, 0.29) is 24.2 Å². The van der Waals surface area contributed by atoms with E-state index in [1.807, 2.05) is 51.1 Å². The molecule has 0 heterocycles. The molecule has 0 fully saturated rings. The summed E-state index contributed by atoms with van der Waals surface area (Å²) >= 11 is 0. The number of carboxylic acid groups (broad SMARTS) is 1. The van der Waals surface area contributed by atoms with Crippen LogP contribution in [0.5, 0.6) is 0 Å².